The van der Waals surface area contributed by atoms with E-state index in [1.165, 1.54) is 83.6 Å². The molecule has 358 valence electrons. The molecule has 2 aliphatic rings. The molecule has 0 N–H and O–H groups in total. The van der Waals surface area contributed by atoms with E-state index in [4.69, 9.17) is 4.42 Å². The Hall–Kier alpha value is -7.24. The highest BCUT2D eigenvalue weighted by molar-refractivity contribution is 6.90. The minimum Gasteiger partial charge on any atom is -0.454 e. The average molecular weight is 940 g/mol. The number of hydrogen-bond acceptors (Lipinski definition) is 3. The van der Waals surface area contributed by atoms with Crippen LogP contribution < -0.4 is 20.7 Å². The van der Waals surface area contributed by atoms with Gasteiger partial charge in [0, 0.05) is 39.3 Å². The van der Waals surface area contributed by atoms with E-state index < -0.39 is 0 Å². The molecule has 0 unspecified atom stereocenters. The van der Waals surface area contributed by atoms with Gasteiger partial charge in [0.2, 0.25) is 0 Å². The van der Waals surface area contributed by atoms with Crippen LogP contribution in [0, 0.1) is 6.92 Å². The van der Waals surface area contributed by atoms with Crippen LogP contribution in [-0.4, -0.2) is 11.3 Å². The Bertz CT molecular complexity index is 3730. The fourth-order valence-electron chi connectivity index (χ4n) is 11.7. The summed E-state index contributed by atoms with van der Waals surface area (Å²) in [7, 11) is 0. The van der Waals surface area contributed by atoms with Crippen LogP contribution in [0.25, 0.3) is 55.2 Å². The lowest BCUT2D eigenvalue weighted by Crippen LogP contribution is -2.56. The molecule has 8 aromatic carbocycles. The SMILES string of the molecule is Cc1cc2c3c(c1)N(c1ccc(C(C)(C)C)cc1-c1ccccc1)c1cc(C(C)(C)C)ccc1B3n1c3c-2ccc(N(c2ccc(C(C)(C)C)cc2)c2ccc(C(C)(C)C)cc2)c3c2oc3ccccc3c21. The van der Waals surface area contributed by atoms with E-state index in [0.29, 0.717) is 0 Å². The number of hydrogen-bond donors (Lipinski definition) is 0. The van der Waals surface area contributed by atoms with Crippen LogP contribution in [-0.2, 0) is 21.7 Å². The number of rotatable bonds is 5. The Morgan fingerprint density at radius 3 is 1.65 bits per heavy atom. The third-order valence-corrected chi connectivity index (χ3v) is 15.6. The monoisotopic (exact) mass is 940 g/mol. The Morgan fingerprint density at radius 1 is 0.458 bits per heavy atom. The molecule has 0 radical (unpaired) electrons. The molecule has 2 aromatic heterocycles. The van der Waals surface area contributed by atoms with Crippen LogP contribution in [0.2, 0.25) is 0 Å². The van der Waals surface area contributed by atoms with Crippen LogP contribution in [0.3, 0.4) is 0 Å². The number of furan rings is 1. The Kier molecular flexibility index (Phi) is 10.1. The quantitative estimate of drug-likeness (QED) is 0.161. The van der Waals surface area contributed by atoms with Gasteiger partial charge >= 0.3 is 6.85 Å². The van der Waals surface area contributed by atoms with E-state index in [1.807, 2.05) is 0 Å². The molecule has 72 heavy (non-hydrogen) atoms. The zero-order valence-electron chi connectivity index (χ0n) is 44.4. The summed E-state index contributed by atoms with van der Waals surface area (Å²) in [5, 5.41) is 2.24. The standard InChI is InChI=1S/C67H66BN3O/c1-41-37-52-49-33-36-55(69(47-29-23-43(24-30-47)64(2,3)4)48-31-25-44(26-32-48)65(5,6)7)59-61(49)71(62-50-21-17-18-22-58(50)72-63(59)62)68-53-34-27-46(67(11,12)13)40-56(53)70(57(38-41)60(52)68)54-35-28-45(66(8,9)10)39-51(54)42-19-15-14-16-20-42/h14-40H,1-13H3. The number of benzene rings is 8. The first-order valence-electron chi connectivity index (χ1n) is 26.0. The van der Waals surface area contributed by atoms with E-state index in [2.05, 4.69) is 268 Å². The van der Waals surface area contributed by atoms with Gasteiger partial charge in [0.15, 0.2) is 5.58 Å². The molecule has 0 bridgehead atoms. The Labute approximate surface area is 427 Å². The zero-order chi connectivity index (χ0) is 50.4. The summed E-state index contributed by atoms with van der Waals surface area (Å²) < 4.78 is 9.95. The minimum atomic E-state index is -0.153. The Morgan fingerprint density at radius 2 is 1.03 bits per heavy atom. The van der Waals surface area contributed by atoms with Gasteiger partial charge in [-0.2, -0.15) is 0 Å². The molecule has 0 aliphatic carbocycles. The first-order valence-corrected chi connectivity index (χ1v) is 26.0. The number of aryl methyl sites for hydroxylation is 1. The van der Waals surface area contributed by atoms with E-state index in [9.17, 15) is 0 Å². The van der Waals surface area contributed by atoms with Crippen molar-refractivity contribution in [2.75, 3.05) is 9.80 Å². The van der Waals surface area contributed by atoms with Crippen molar-refractivity contribution in [3.8, 4) is 22.3 Å². The molecule has 2 aliphatic heterocycles. The number of anilines is 6. The van der Waals surface area contributed by atoms with E-state index >= 15 is 0 Å². The van der Waals surface area contributed by atoms with Gasteiger partial charge in [-0.05, 0) is 145 Å². The summed E-state index contributed by atoms with van der Waals surface area (Å²) in [5.74, 6) is 0. The Balaban J connectivity index is 1.20. The molecular weight excluding hydrogens is 874 g/mol. The van der Waals surface area contributed by atoms with Gasteiger partial charge in [-0.25, -0.2) is 0 Å². The number of aromatic nitrogens is 1. The fourth-order valence-corrected chi connectivity index (χ4v) is 11.7. The van der Waals surface area contributed by atoms with Crippen molar-refractivity contribution in [1.29, 1.82) is 0 Å². The van der Waals surface area contributed by atoms with Gasteiger partial charge in [-0.1, -0.05) is 180 Å². The molecule has 0 amide bonds. The lowest BCUT2D eigenvalue weighted by Gasteiger charge is -2.42. The maximum absolute atomic E-state index is 7.27. The largest absolute Gasteiger partial charge is 0.454 e. The van der Waals surface area contributed by atoms with Crippen molar-refractivity contribution in [1.82, 2.24) is 4.48 Å². The second-order valence-corrected chi connectivity index (χ2v) is 24.8. The summed E-state index contributed by atoms with van der Waals surface area (Å²) >= 11 is 0. The molecule has 0 atom stereocenters. The second-order valence-electron chi connectivity index (χ2n) is 24.8. The van der Waals surface area contributed by atoms with Gasteiger partial charge in [0.05, 0.1) is 27.8 Å². The normalized spacial score (nSPS) is 13.6. The molecule has 0 fully saturated rings. The van der Waals surface area contributed by atoms with Crippen LogP contribution in [0.1, 0.15) is 111 Å². The van der Waals surface area contributed by atoms with Crippen LogP contribution in [0.4, 0.5) is 34.1 Å². The molecule has 4 heterocycles. The van der Waals surface area contributed by atoms with Gasteiger partial charge in [0.25, 0.3) is 0 Å². The fraction of sp³-hybridized carbons (Fsp3) is 0.254. The van der Waals surface area contributed by atoms with Crippen LogP contribution in [0.15, 0.2) is 168 Å². The van der Waals surface area contributed by atoms with Crippen molar-refractivity contribution in [2.45, 2.75) is 112 Å². The van der Waals surface area contributed by atoms with Crippen molar-refractivity contribution < 1.29 is 4.42 Å². The summed E-state index contributed by atoms with van der Waals surface area (Å²) in [5.41, 5.74) is 24.9. The lowest BCUT2D eigenvalue weighted by atomic mass is 9.45. The highest BCUT2D eigenvalue weighted by atomic mass is 16.3. The maximum Gasteiger partial charge on any atom is 0.333 e. The van der Waals surface area contributed by atoms with Gasteiger partial charge < -0.3 is 18.7 Å². The first-order chi connectivity index (χ1) is 34.2. The highest BCUT2D eigenvalue weighted by Crippen LogP contribution is 2.53. The number of fused-ring (bicyclic) bond motifs is 9. The zero-order valence-corrected chi connectivity index (χ0v) is 44.4. The number of nitrogens with zero attached hydrogens (tertiary/aromatic N) is 3. The van der Waals surface area contributed by atoms with Gasteiger partial charge in [-0.3, -0.25) is 0 Å². The van der Waals surface area contributed by atoms with Crippen LogP contribution in [0.5, 0.6) is 0 Å². The van der Waals surface area contributed by atoms with Gasteiger partial charge in [0.1, 0.15) is 5.58 Å². The minimum absolute atomic E-state index is 0.0180. The predicted molar refractivity (Wildman–Crippen MR) is 309 cm³/mol. The van der Waals surface area contributed by atoms with E-state index in [0.717, 1.165) is 44.5 Å². The smallest absolute Gasteiger partial charge is 0.333 e. The molecule has 0 spiro atoms. The van der Waals surface area contributed by atoms with Crippen molar-refractivity contribution in [2.24, 2.45) is 0 Å². The molecule has 0 saturated heterocycles. The summed E-state index contributed by atoms with van der Waals surface area (Å²) in [4.78, 5) is 5.07. The van der Waals surface area contributed by atoms with E-state index in [-0.39, 0.29) is 28.5 Å². The topological polar surface area (TPSA) is 24.6 Å². The molecule has 0 saturated carbocycles. The third-order valence-electron chi connectivity index (χ3n) is 15.6. The summed E-state index contributed by atoms with van der Waals surface area (Å²) in [6, 6.07) is 62.2. The first kappa shape index (κ1) is 45.9. The highest BCUT2D eigenvalue weighted by Gasteiger charge is 2.45. The van der Waals surface area contributed by atoms with Crippen molar-refractivity contribution in [3.63, 3.8) is 0 Å². The molecule has 12 rings (SSSR count). The maximum atomic E-state index is 7.27. The molecular formula is C67H66BN3O. The average Bonchev–Trinajstić information content (AvgIpc) is 3.88. The third kappa shape index (κ3) is 7.17. The second kappa shape index (κ2) is 15.9. The molecule has 10 aromatic rings. The number of para-hydroxylation sites is 1. The molecule has 4 nitrogen and oxygen atoms in total. The summed E-state index contributed by atoms with van der Waals surface area (Å²) in [6.45, 7) is 29.8. The predicted octanol–water partition coefficient (Wildman–Crippen LogP) is 17.6. The summed E-state index contributed by atoms with van der Waals surface area (Å²) in [6.07, 6.45) is 0. The van der Waals surface area contributed by atoms with E-state index in [1.54, 1.807) is 0 Å². The van der Waals surface area contributed by atoms with Crippen LogP contribution >= 0.6 is 0 Å². The van der Waals surface area contributed by atoms with Crippen molar-refractivity contribution in [3.05, 3.63) is 192 Å². The lowest BCUT2D eigenvalue weighted by molar-refractivity contribution is 0.590. The van der Waals surface area contributed by atoms with Gasteiger partial charge in [-0.15, -0.1) is 0 Å². The molecule has 5 heteroatoms. The van der Waals surface area contributed by atoms with Crippen molar-refractivity contribution >= 4 is 84.9 Å².